The smallest absolute Gasteiger partial charge is 0.308 e. The van der Waals surface area contributed by atoms with E-state index in [0.717, 1.165) is 57.6 Å². The largest absolute Gasteiger partial charge is 0.469 e. The summed E-state index contributed by atoms with van der Waals surface area (Å²) in [6.45, 7) is 2.13. The molecule has 0 aromatic carbocycles. The normalized spacial score (nSPS) is 23.2. The number of hydrogen-bond acceptors (Lipinski definition) is 4. The van der Waals surface area contributed by atoms with Gasteiger partial charge >= 0.3 is 5.97 Å². The van der Waals surface area contributed by atoms with Crippen LogP contribution in [0.1, 0.15) is 44.9 Å². The van der Waals surface area contributed by atoms with E-state index in [1.54, 1.807) is 7.05 Å². The number of carbonyl (C=O) groups is 1. The molecule has 2 N–H and O–H groups in total. The van der Waals surface area contributed by atoms with Crippen LogP contribution in [0, 0.1) is 5.92 Å². The molecule has 0 spiro atoms. The molecule has 1 aliphatic heterocycles. The quantitative estimate of drug-likeness (QED) is 0.464. The number of methoxy groups -OCH3 is 1. The Morgan fingerprint density at radius 2 is 1.95 bits per heavy atom. The molecule has 0 bridgehead atoms. The molecule has 0 amide bonds. The van der Waals surface area contributed by atoms with Crippen LogP contribution in [0.15, 0.2) is 4.99 Å². The second kappa shape index (κ2) is 7.81. The Kier molecular flexibility index (Phi) is 6.06. The molecule has 6 heteroatoms. The Morgan fingerprint density at radius 3 is 2.50 bits per heavy atom. The van der Waals surface area contributed by atoms with E-state index in [1.807, 2.05) is 0 Å². The average molecular weight is 311 g/mol. The minimum absolute atomic E-state index is 0.00175. The Labute approximate surface area is 132 Å². The van der Waals surface area contributed by atoms with E-state index >= 15 is 0 Å². The van der Waals surface area contributed by atoms with Crippen molar-refractivity contribution in [3.63, 3.8) is 0 Å². The maximum atomic E-state index is 11.6. The number of piperidine rings is 1. The first-order valence-electron chi connectivity index (χ1n) is 8.34. The van der Waals surface area contributed by atoms with E-state index in [9.17, 15) is 9.90 Å². The summed E-state index contributed by atoms with van der Waals surface area (Å²) in [5, 5.41) is 13.9. The van der Waals surface area contributed by atoms with E-state index < -0.39 is 5.60 Å². The predicted octanol–water partition coefficient (Wildman–Crippen LogP) is 1.14. The van der Waals surface area contributed by atoms with Crippen molar-refractivity contribution in [3.8, 4) is 0 Å². The zero-order valence-electron chi connectivity index (χ0n) is 13.8. The van der Waals surface area contributed by atoms with Gasteiger partial charge in [-0.15, -0.1) is 0 Å². The number of hydrogen-bond donors (Lipinski definition) is 2. The number of guanidine groups is 1. The lowest BCUT2D eigenvalue weighted by atomic mass is 9.85. The SMILES string of the molecule is CN=C(NCC1(O)CCCCC1)N1CCC(C(=O)OC)CC1. The summed E-state index contributed by atoms with van der Waals surface area (Å²) in [4.78, 5) is 18.0. The molecule has 22 heavy (non-hydrogen) atoms. The van der Waals surface area contributed by atoms with Gasteiger partial charge in [0.05, 0.1) is 18.6 Å². The van der Waals surface area contributed by atoms with Crippen LogP contribution in [-0.4, -0.2) is 61.3 Å². The maximum absolute atomic E-state index is 11.6. The topological polar surface area (TPSA) is 74.2 Å². The molecule has 0 radical (unpaired) electrons. The Morgan fingerprint density at radius 1 is 1.32 bits per heavy atom. The van der Waals surface area contributed by atoms with E-state index in [2.05, 4.69) is 15.2 Å². The fourth-order valence-corrected chi connectivity index (χ4v) is 3.46. The molecular weight excluding hydrogens is 282 g/mol. The highest BCUT2D eigenvalue weighted by atomic mass is 16.5. The van der Waals surface area contributed by atoms with Crippen molar-refractivity contribution in [1.29, 1.82) is 0 Å². The first-order valence-corrected chi connectivity index (χ1v) is 8.34. The van der Waals surface area contributed by atoms with Crippen molar-refractivity contribution < 1.29 is 14.6 Å². The van der Waals surface area contributed by atoms with Gasteiger partial charge in [0.2, 0.25) is 0 Å². The van der Waals surface area contributed by atoms with Gasteiger partial charge < -0.3 is 20.1 Å². The van der Waals surface area contributed by atoms with E-state index in [1.165, 1.54) is 13.5 Å². The second-order valence-corrected chi connectivity index (χ2v) is 6.47. The first kappa shape index (κ1) is 17.1. The molecule has 1 saturated heterocycles. The van der Waals surface area contributed by atoms with Gasteiger partial charge in [-0.3, -0.25) is 9.79 Å². The summed E-state index contributed by atoms with van der Waals surface area (Å²) in [5.74, 6) is 0.711. The number of nitrogens with one attached hydrogen (secondary N) is 1. The van der Waals surface area contributed by atoms with Gasteiger partial charge in [0, 0.05) is 26.7 Å². The van der Waals surface area contributed by atoms with Crippen LogP contribution < -0.4 is 5.32 Å². The number of likely N-dealkylation sites (tertiary alicyclic amines) is 1. The van der Waals surface area contributed by atoms with Crippen molar-refractivity contribution >= 4 is 11.9 Å². The number of nitrogens with zero attached hydrogens (tertiary/aromatic N) is 2. The maximum Gasteiger partial charge on any atom is 0.308 e. The van der Waals surface area contributed by atoms with Gasteiger partial charge in [-0.2, -0.15) is 0 Å². The molecule has 2 rings (SSSR count). The predicted molar refractivity (Wildman–Crippen MR) is 85.7 cm³/mol. The number of aliphatic imine (C=N–C) groups is 1. The third kappa shape index (κ3) is 4.35. The third-order valence-corrected chi connectivity index (χ3v) is 4.90. The molecule has 1 aliphatic carbocycles. The molecule has 126 valence electrons. The number of carbonyl (C=O) groups excluding carboxylic acids is 1. The summed E-state index contributed by atoms with van der Waals surface area (Å²) in [6.07, 6.45) is 6.72. The number of aliphatic hydroxyl groups is 1. The molecule has 0 unspecified atom stereocenters. The molecule has 1 saturated carbocycles. The van der Waals surface area contributed by atoms with E-state index in [4.69, 9.17) is 4.74 Å². The molecule has 2 aliphatic rings. The van der Waals surface area contributed by atoms with E-state index in [0.29, 0.717) is 6.54 Å². The molecular formula is C16H29N3O3. The van der Waals surface area contributed by atoms with Crippen LogP contribution in [0.3, 0.4) is 0 Å². The monoisotopic (exact) mass is 311 g/mol. The van der Waals surface area contributed by atoms with Gasteiger partial charge in [-0.25, -0.2) is 0 Å². The molecule has 0 atom stereocenters. The zero-order valence-corrected chi connectivity index (χ0v) is 13.8. The summed E-state index contributed by atoms with van der Waals surface area (Å²) in [7, 11) is 3.21. The Balaban J connectivity index is 1.81. The lowest BCUT2D eigenvalue weighted by Crippen LogP contribution is -2.51. The van der Waals surface area contributed by atoms with Gasteiger partial charge in [0.25, 0.3) is 0 Å². The highest BCUT2D eigenvalue weighted by Gasteiger charge is 2.31. The molecule has 2 fully saturated rings. The number of esters is 1. The van der Waals surface area contributed by atoms with Gasteiger partial charge in [-0.1, -0.05) is 19.3 Å². The fourth-order valence-electron chi connectivity index (χ4n) is 3.46. The standard InChI is InChI=1S/C16H29N3O3/c1-17-15(18-12-16(21)8-4-3-5-9-16)19-10-6-13(7-11-19)14(20)22-2/h13,21H,3-12H2,1-2H3,(H,17,18). The van der Waals surface area contributed by atoms with Gasteiger partial charge in [0.1, 0.15) is 0 Å². The lowest BCUT2D eigenvalue weighted by Gasteiger charge is -2.36. The van der Waals surface area contributed by atoms with Crippen molar-refractivity contribution in [2.24, 2.45) is 10.9 Å². The Bertz CT molecular complexity index is 397. The summed E-state index contributed by atoms with van der Waals surface area (Å²) >= 11 is 0. The summed E-state index contributed by atoms with van der Waals surface area (Å²) in [6, 6.07) is 0. The average Bonchev–Trinajstić information content (AvgIpc) is 2.56. The van der Waals surface area contributed by atoms with Gasteiger partial charge in [0.15, 0.2) is 5.96 Å². The summed E-state index contributed by atoms with van der Waals surface area (Å²) in [5.41, 5.74) is -0.599. The minimum Gasteiger partial charge on any atom is -0.469 e. The zero-order chi connectivity index (χ0) is 16.0. The fraction of sp³-hybridized carbons (Fsp3) is 0.875. The third-order valence-electron chi connectivity index (χ3n) is 4.90. The highest BCUT2D eigenvalue weighted by molar-refractivity contribution is 5.80. The highest BCUT2D eigenvalue weighted by Crippen LogP contribution is 2.27. The molecule has 1 heterocycles. The van der Waals surface area contributed by atoms with Crippen molar-refractivity contribution in [3.05, 3.63) is 0 Å². The van der Waals surface area contributed by atoms with Crippen LogP contribution in [0.5, 0.6) is 0 Å². The van der Waals surface area contributed by atoms with Crippen molar-refractivity contribution in [2.45, 2.75) is 50.5 Å². The van der Waals surface area contributed by atoms with Crippen LogP contribution in [0.2, 0.25) is 0 Å². The van der Waals surface area contributed by atoms with Crippen LogP contribution in [-0.2, 0) is 9.53 Å². The lowest BCUT2D eigenvalue weighted by molar-refractivity contribution is -0.146. The summed E-state index contributed by atoms with van der Waals surface area (Å²) < 4.78 is 4.82. The van der Waals surface area contributed by atoms with Crippen LogP contribution in [0.4, 0.5) is 0 Å². The van der Waals surface area contributed by atoms with Crippen molar-refractivity contribution in [1.82, 2.24) is 10.2 Å². The van der Waals surface area contributed by atoms with Gasteiger partial charge in [-0.05, 0) is 25.7 Å². The number of rotatable bonds is 3. The number of ether oxygens (including phenoxy) is 1. The molecule has 0 aromatic heterocycles. The minimum atomic E-state index is -0.599. The molecule has 6 nitrogen and oxygen atoms in total. The Hall–Kier alpha value is -1.30. The first-order chi connectivity index (χ1) is 10.6. The van der Waals surface area contributed by atoms with Crippen LogP contribution >= 0.6 is 0 Å². The van der Waals surface area contributed by atoms with Crippen LogP contribution in [0.25, 0.3) is 0 Å². The second-order valence-electron chi connectivity index (χ2n) is 6.47. The molecule has 0 aromatic rings. The van der Waals surface area contributed by atoms with Crippen molar-refractivity contribution in [2.75, 3.05) is 33.8 Å². The van der Waals surface area contributed by atoms with E-state index in [-0.39, 0.29) is 11.9 Å².